The fraction of sp³-hybridized carbons (Fsp3) is 0.647. The minimum absolute atomic E-state index is 0.338. The lowest BCUT2D eigenvalue weighted by Crippen LogP contribution is -2.41. The maximum Gasteiger partial charge on any atom is 0.496 e. The Bertz CT molecular complexity index is 540. The third-order valence-corrected chi connectivity index (χ3v) is 5.50. The molecule has 3 rings (SSSR count). The van der Waals surface area contributed by atoms with Crippen molar-refractivity contribution in [1.29, 1.82) is 0 Å². The van der Waals surface area contributed by atoms with Gasteiger partial charge in [-0.2, -0.15) is 0 Å². The van der Waals surface area contributed by atoms with Gasteiger partial charge in [-0.3, -0.25) is 4.90 Å². The highest BCUT2D eigenvalue weighted by atomic mass is 35.5. The maximum absolute atomic E-state index is 6.50. The molecule has 0 radical (unpaired) electrons. The second kappa shape index (κ2) is 5.83. The molecule has 0 N–H and O–H groups in total. The van der Waals surface area contributed by atoms with E-state index in [0.29, 0.717) is 0 Å². The Morgan fingerprint density at radius 2 is 1.68 bits per heavy atom. The van der Waals surface area contributed by atoms with Crippen molar-refractivity contribution >= 4 is 24.2 Å². The summed E-state index contributed by atoms with van der Waals surface area (Å²) in [5.41, 5.74) is 1.50. The summed E-state index contributed by atoms with van der Waals surface area (Å²) in [5.74, 6) is 0. The topological polar surface area (TPSA) is 21.7 Å². The zero-order valence-electron chi connectivity index (χ0n) is 14.0. The van der Waals surface area contributed by atoms with Crippen molar-refractivity contribution in [3.05, 3.63) is 28.8 Å². The molecule has 2 heterocycles. The van der Waals surface area contributed by atoms with Gasteiger partial charge in [0.2, 0.25) is 0 Å². The van der Waals surface area contributed by atoms with Crippen LogP contribution in [0.5, 0.6) is 0 Å². The molecule has 22 heavy (non-hydrogen) atoms. The number of rotatable bonds is 3. The zero-order chi connectivity index (χ0) is 16.0. The lowest BCUT2D eigenvalue weighted by atomic mass is 9.78. The molecule has 2 aliphatic heterocycles. The fourth-order valence-corrected chi connectivity index (χ4v) is 3.32. The number of likely N-dealkylation sites (tertiary alicyclic amines) is 1. The second-order valence-corrected chi connectivity index (χ2v) is 7.83. The normalized spacial score (nSPS) is 24.1. The molecule has 0 bridgehead atoms. The Balaban J connectivity index is 1.75. The third-order valence-electron chi connectivity index (χ3n) is 5.18. The van der Waals surface area contributed by atoms with Gasteiger partial charge in [0, 0.05) is 17.0 Å². The van der Waals surface area contributed by atoms with E-state index < -0.39 is 7.12 Å². The monoisotopic (exact) mass is 321 g/mol. The van der Waals surface area contributed by atoms with Crippen molar-refractivity contribution in [2.45, 2.75) is 58.3 Å². The van der Waals surface area contributed by atoms with Gasteiger partial charge in [-0.25, -0.2) is 0 Å². The van der Waals surface area contributed by atoms with Crippen LogP contribution in [0.1, 0.15) is 46.1 Å². The van der Waals surface area contributed by atoms with E-state index in [1.807, 2.05) is 0 Å². The average Bonchev–Trinajstić information content (AvgIpc) is 2.96. The molecule has 3 nitrogen and oxygen atoms in total. The molecule has 0 atom stereocenters. The lowest BCUT2D eigenvalue weighted by Gasteiger charge is -2.32. The van der Waals surface area contributed by atoms with E-state index >= 15 is 0 Å². The van der Waals surface area contributed by atoms with Gasteiger partial charge in [0.05, 0.1) is 11.2 Å². The van der Waals surface area contributed by atoms with Gasteiger partial charge in [0.15, 0.2) is 0 Å². The molecule has 0 unspecified atom stereocenters. The summed E-state index contributed by atoms with van der Waals surface area (Å²) in [6.45, 7) is 11.6. The van der Waals surface area contributed by atoms with Crippen LogP contribution in [0.2, 0.25) is 5.02 Å². The predicted molar refractivity (Wildman–Crippen MR) is 91.7 cm³/mol. The Kier molecular flexibility index (Phi) is 4.32. The minimum atomic E-state index is -0.390. The highest BCUT2D eigenvalue weighted by Gasteiger charge is 2.52. The molecule has 1 aromatic rings. The molecule has 0 spiro atoms. The largest absolute Gasteiger partial charge is 0.496 e. The van der Waals surface area contributed by atoms with E-state index in [2.05, 4.69) is 50.8 Å². The summed E-state index contributed by atoms with van der Waals surface area (Å²) < 4.78 is 12.2. The SMILES string of the molecule is CC1(C)OB(c2ccc(CN3CCCC3)cc2Cl)OC1(C)C. The number of benzene rings is 1. The first-order valence-corrected chi connectivity index (χ1v) is 8.53. The molecule has 2 fully saturated rings. The van der Waals surface area contributed by atoms with Gasteiger partial charge in [-0.1, -0.05) is 23.7 Å². The van der Waals surface area contributed by atoms with Crippen molar-refractivity contribution in [3.8, 4) is 0 Å². The van der Waals surface area contributed by atoms with E-state index in [1.54, 1.807) is 0 Å². The van der Waals surface area contributed by atoms with E-state index in [0.717, 1.165) is 17.0 Å². The highest BCUT2D eigenvalue weighted by molar-refractivity contribution is 6.65. The van der Waals surface area contributed by atoms with Crippen LogP contribution in [-0.2, 0) is 15.9 Å². The zero-order valence-corrected chi connectivity index (χ0v) is 14.7. The highest BCUT2D eigenvalue weighted by Crippen LogP contribution is 2.37. The Hall–Kier alpha value is -0.545. The van der Waals surface area contributed by atoms with Crippen LogP contribution in [0.4, 0.5) is 0 Å². The van der Waals surface area contributed by atoms with Gasteiger partial charge >= 0.3 is 7.12 Å². The lowest BCUT2D eigenvalue weighted by molar-refractivity contribution is 0.00578. The molecule has 0 amide bonds. The molecule has 120 valence electrons. The summed E-state index contributed by atoms with van der Waals surface area (Å²) in [6, 6.07) is 6.25. The summed E-state index contributed by atoms with van der Waals surface area (Å²) >= 11 is 6.50. The standard InChI is InChI=1S/C17H25BClNO2/c1-16(2)17(3,4)22-18(21-16)14-8-7-13(11-15(14)19)12-20-9-5-6-10-20/h7-8,11H,5-6,9-10,12H2,1-4H3. The number of halogens is 1. The van der Waals surface area contributed by atoms with Gasteiger partial charge in [0.1, 0.15) is 0 Å². The molecule has 0 aliphatic carbocycles. The summed E-state index contributed by atoms with van der Waals surface area (Å²) in [4.78, 5) is 2.47. The van der Waals surface area contributed by atoms with Crippen LogP contribution in [-0.4, -0.2) is 36.3 Å². The Labute approximate surface area is 139 Å². The number of hydrogen-bond donors (Lipinski definition) is 0. The smallest absolute Gasteiger partial charge is 0.399 e. The van der Waals surface area contributed by atoms with Crippen molar-refractivity contribution in [2.24, 2.45) is 0 Å². The predicted octanol–water partition coefficient (Wildman–Crippen LogP) is 3.24. The van der Waals surface area contributed by atoms with Gasteiger partial charge < -0.3 is 9.31 Å². The van der Waals surface area contributed by atoms with E-state index in [1.165, 1.54) is 31.5 Å². The first kappa shape index (κ1) is 16.3. The van der Waals surface area contributed by atoms with Gasteiger partial charge in [0.25, 0.3) is 0 Å². The van der Waals surface area contributed by atoms with E-state index in [4.69, 9.17) is 20.9 Å². The first-order valence-electron chi connectivity index (χ1n) is 8.15. The number of hydrogen-bond acceptors (Lipinski definition) is 3. The molecule has 5 heteroatoms. The summed E-state index contributed by atoms with van der Waals surface area (Å²) in [5, 5.41) is 0.732. The van der Waals surface area contributed by atoms with Gasteiger partial charge in [-0.05, 0) is 65.3 Å². The van der Waals surface area contributed by atoms with Gasteiger partial charge in [-0.15, -0.1) is 0 Å². The maximum atomic E-state index is 6.50. The molecule has 0 aromatic heterocycles. The third kappa shape index (κ3) is 3.07. The summed E-state index contributed by atoms with van der Waals surface area (Å²) in [6.07, 6.45) is 2.61. The van der Waals surface area contributed by atoms with Crippen LogP contribution < -0.4 is 5.46 Å². The van der Waals surface area contributed by atoms with Crippen LogP contribution in [0.15, 0.2) is 18.2 Å². The van der Waals surface area contributed by atoms with Crippen LogP contribution in [0.25, 0.3) is 0 Å². The molecular weight excluding hydrogens is 296 g/mol. The number of nitrogens with zero attached hydrogens (tertiary/aromatic N) is 1. The Morgan fingerprint density at radius 3 is 2.23 bits per heavy atom. The summed E-state index contributed by atoms with van der Waals surface area (Å²) in [7, 11) is -0.390. The second-order valence-electron chi connectivity index (χ2n) is 7.43. The van der Waals surface area contributed by atoms with Crippen LogP contribution >= 0.6 is 11.6 Å². The average molecular weight is 322 g/mol. The minimum Gasteiger partial charge on any atom is -0.399 e. The Morgan fingerprint density at radius 1 is 1.09 bits per heavy atom. The van der Waals surface area contributed by atoms with Crippen LogP contribution in [0.3, 0.4) is 0 Å². The van der Waals surface area contributed by atoms with Crippen molar-refractivity contribution in [2.75, 3.05) is 13.1 Å². The first-order chi connectivity index (χ1) is 10.3. The quantitative estimate of drug-likeness (QED) is 0.798. The molecular formula is C17H25BClNO2. The molecule has 1 aromatic carbocycles. The van der Waals surface area contributed by atoms with Crippen LogP contribution in [0, 0.1) is 0 Å². The van der Waals surface area contributed by atoms with E-state index in [9.17, 15) is 0 Å². The fourth-order valence-electron chi connectivity index (χ4n) is 3.03. The van der Waals surface area contributed by atoms with E-state index in [-0.39, 0.29) is 11.2 Å². The molecule has 2 saturated heterocycles. The molecule has 0 saturated carbocycles. The van der Waals surface area contributed by atoms with Crippen molar-refractivity contribution < 1.29 is 9.31 Å². The van der Waals surface area contributed by atoms with Crippen molar-refractivity contribution in [3.63, 3.8) is 0 Å². The van der Waals surface area contributed by atoms with Crippen molar-refractivity contribution in [1.82, 2.24) is 4.90 Å². The molecule has 2 aliphatic rings.